The topological polar surface area (TPSA) is 210 Å². The maximum atomic E-state index is 12.6. The molecular weight excluding hydrogens is 791 g/mol. The molecule has 0 aromatic carbocycles. The molecule has 0 spiro atoms. The maximum Gasteiger partial charge on any atom is 0.472 e. The van der Waals surface area contributed by atoms with Gasteiger partial charge in [0.15, 0.2) is 6.10 Å². The number of carbonyl (C=O) groups is 2. The Balaban J connectivity index is 2.00. The number of phosphoric acid groups is 1. The van der Waals surface area contributed by atoms with Crippen LogP contribution in [0.3, 0.4) is 0 Å². The average molecular weight is 881 g/mol. The summed E-state index contributed by atoms with van der Waals surface area (Å²) >= 11 is 0. The Hall–Kier alpha value is -1.15. The van der Waals surface area contributed by atoms with Crippen LogP contribution in [-0.2, 0) is 32.7 Å². The standard InChI is InChI=1S/C46H89O13P/c1-3-5-6-7-8-9-10-11-12-13-14-15-16-17-18-19-20-21-22-23-24-25-26-27-28-29-30-31-32-33-35-39(47)56-36-38(58-40(48)34-4-2)37-57-60(54,55)59-46-44(52)42(50)41(49)43(51)45(46)53/h38,41-46,49-53H,3-37H2,1-2H3,(H,54,55)/t38-,41?,42-,43?,44?,45?,46?/m1/s1. The van der Waals surface area contributed by atoms with Gasteiger partial charge >= 0.3 is 19.8 Å². The highest BCUT2D eigenvalue weighted by Crippen LogP contribution is 2.47. The molecule has 8 atom stereocenters. The molecule has 0 bridgehead atoms. The predicted molar refractivity (Wildman–Crippen MR) is 235 cm³/mol. The van der Waals surface area contributed by atoms with E-state index in [9.17, 15) is 44.6 Å². The van der Waals surface area contributed by atoms with E-state index in [2.05, 4.69) is 6.92 Å². The van der Waals surface area contributed by atoms with E-state index in [4.69, 9.17) is 18.5 Å². The number of unbranched alkanes of at least 4 members (excludes halogenated alkanes) is 29. The summed E-state index contributed by atoms with van der Waals surface area (Å²) in [6.45, 7) is 2.87. The van der Waals surface area contributed by atoms with Crippen LogP contribution in [0.1, 0.15) is 226 Å². The fourth-order valence-corrected chi connectivity index (χ4v) is 8.77. The Morgan fingerprint density at radius 3 is 1.13 bits per heavy atom. The first-order chi connectivity index (χ1) is 28.9. The number of hydrogen-bond donors (Lipinski definition) is 6. The van der Waals surface area contributed by atoms with Gasteiger partial charge in [0.1, 0.15) is 43.2 Å². The number of rotatable bonds is 41. The van der Waals surface area contributed by atoms with E-state index in [0.717, 1.165) is 19.3 Å². The zero-order valence-corrected chi connectivity index (χ0v) is 38.7. The van der Waals surface area contributed by atoms with Crippen LogP contribution in [0.5, 0.6) is 0 Å². The summed E-state index contributed by atoms with van der Waals surface area (Å²) in [5.41, 5.74) is 0. The lowest BCUT2D eigenvalue weighted by atomic mass is 9.85. The second kappa shape index (κ2) is 37.2. The maximum absolute atomic E-state index is 12.6. The van der Waals surface area contributed by atoms with Crippen molar-refractivity contribution in [3.05, 3.63) is 0 Å². The monoisotopic (exact) mass is 881 g/mol. The summed E-state index contributed by atoms with van der Waals surface area (Å²) < 4.78 is 32.8. The molecule has 0 aromatic rings. The van der Waals surface area contributed by atoms with Crippen LogP contribution < -0.4 is 0 Å². The van der Waals surface area contributed by atoms with Gasteiger partial charge in [-0.3, -0.25) is 18.6 Å². The van der Waals surface area contributed by atoms with Crippen molar-refractivity contribution in [1.82, 2.24) is 0 Å². The molecule has 1 aliphatic rings. The van der Waals surface area contributed by atoms with Crippen molar-refractivity contribution in [2.24, 2.45) is 0 Å². The Morgan fingerprint density at radius 2 is 0.783 bits per heavy atom. The highest BCUT2D eigenvalue weighted by Gasteiger charge is 2.51. The largest absolute Gasteiger partial charge is 0.472 e. The van der Waals surface area contributed by atoms with Crippen molar-refractivity contribution < 1.29 is 63.1 Å². The highest BCUT2D eigenvalue weighted by molar-refractivity contribution is 7.47. The van der Waals surface area contributed by atoms with E-state index in [1.807, 2.05) is 0 Å². The molecule has 13 nitrogen and oxygen atoms in total. The fourth-order valence-electron chi connectivity index (χ4n) is 7.80. The SMILES string of the molecule is CCCCCCCCCCCCCCCCCCCCCCCCCCCCCCCCC(=O)OC[C@H](COP(=O)(O)OC1C(O)C(O)C(O)[C@@H](O)C1O)OC(=O)CCC. The first-order valence-electron chi connectivity index (χ1n) is 24.3. The van der Waals surface area contributed by atoms with E-state index in [-0.39, 0.29) is 12.8 Å². The van der Waals surface area contributed by atoms with Crippen LogP contribution in [0.2, 0.25) is 0 Å². The van der Waals surface area contributed by atoms with Gasteiger partial charge in [-0.2, -0.15) is 0 Å². The molecule has 60 heavy (non-hydrogen) atoms. The molecule has 6 unspecified atom stereocenters. The first kappa shape index (κ1) is 56.9. The summed E-state index contributed by atoms with van der Waals surface area (Å²) in [4.78, 5) is 34.7. The predicted octanol–water partition coefficient (Wildman–Crippen LogP) is 9.67. The van der Waals surface area contributed by atoms with Crippen LogP contribution in [-0.4, -0.2) is 98.3 Å². The molecule has 0 radical (unpaired) electrons. The van der Waals surface area contributed by atoms with Gasteiger partial charge in [-0.1, -0.05) is 200 Å². The van der Waals surface area contributed by atoms with Crippen molar-refractivity contribution in [2.75, 3.05) is 13.2 Å². The number of aliphatic hydroxyl groups excluding tert-OH is 5. The van der Waals surface area contributed by atoms with E-state index in [0.29, 0.717) is 12.8 Å². The minimum absolute atomic E-state index is 0.0516. The third-order valence-corrected chi connectivity index (χ3v) is 12.7. The van der Waals surface area contributed by atoms with Crippen LogP contribution in [0.25, 0.3) is 0 Å². The molecule has 1 aliphatic carbocycles. The third kappa shape index (κ3) is 29.3. The van der Waals surface area contributed by atoms with E-state index < -0.39 is 75.7 Å². The lowest BCUT2D eigenvalue weighted by molar-refractivity contribution is -0.220. The lowest BCUT2D eigenvalue weighted by Gasteiger charge is -2.41. The van der Waals surface area contributed by atoms with E-state index >= 15 is 0 Å². The van der Waals surface area contributed by atoms with Crippen molar-refractivity contribution in [1.29, 1.82) is 0 Å². The fraction of sp³-hybridized carbons (Fsp3) is 0.957. The Labute approximate surface area is 363 Å². The molecule has 14 heteroatoms. The van der Waals surface area contributed by atoms with Crippen LogP contribution in [0.15, 0.2) is 0 Å². The summed E-state index contributed by atoms with van der Waals surface area (Å²) in [6.07, 6.45) is 27.3. The van der Waals surface area contributed by atoms with Gasteiger partial charge in [0.25, 0.3) is 0 Å². The first-order valence-corrected chi connectivity index (χ1v) is 25.8. The molecule has 1 fully saturated rings. The van der Waals surface area contributed by atoms with Crippen molar-refractivity contribution in [3.8, 4) is 0 Å². The minimum Gasteiger partial charge on any atom is -0.462 e. The van der Waals surface area contributed by atoms with Gasteiger partial charge in [-0.05, 0) is 12.8 Å². The smallest absolute Gasteiger partial charge is 0.462 e. The van der Waals surface area contributed by atoms with Gasteiger partial charge < -0.3 is 39.9 Å². The molecule has 0 aromatic heterocycles. The number of carbonyl (C=O) groups excluding carboxylic acids is 2. The van der Waals surface area contributed by atoms with Crippen LogP contribution in [0, 0.1) is 0 Å². The van der Waals surface area contributed by atoms with Gasteiger partial charge in [0.05, 0.1) is 6.61 Å². The van der Waals surface area contributed by atoms with Crippen LogP contribution >= 0.6 is 7.82 Å². The number of phosphoric ester groups is 1. The third-order valence-electron chi connectivity index (χ3n) is 11.7. The Kier molecular flexibility index (Phi) is 35.3. The molecule has 0 amide bonds. The molecule has 6 N–H and O–H groups in total. The van der Waals surface area contributed by atoms with Crippen molar-refractivity contribution in [2.45, 2.75) is 268 Å². The highest BCUT2D eigenvalue weighted by atomic mass is 31.2. The second-order valence-electron chi connectivity index (χ2n) is 17.3. The van der Waals surface area contributed by atoms with E-state index in [1.54, 1.807) is 6.92 Å². The summed E-state index contributed by atoms with van der Waals surface area (Å²) in [5.74, 6) is -1.15. The molecular formula is C46H89O13P. The normalized spacial score (nSPS) is 22.1. The molecule has 0 heterocycles. The number of ether oxygens (including phenoxy) is 2. The van der Waals surface area contributed by atoms with Gasteiger partial charge in [-0.15, -0.1) is 0 Å². The second-order valence-corrected chi connectivity index (χ2v) is 18.7. The quantitative estimate of drug-likeness (QED) is 0.0192. The summed E-state index contributed by atoms with van der Waals surface area (Å²) in [7, 11) is -5.08. The number of hydrogen-bond acceptors (Lipinski definition) is 12. The lowest BCUT2D eigenvalue weighted by Crippen LogP contribution is -2.64. The van der Waals surface area contributed by atoms with E-state index in [1.165, 1.54) is 167 Å². The van der Waals surface area contributed by atoms with Crippen molar-refractivity contribution in [3.63, 3.8) is 0 Å². The summed E-state index contributed by atoms with van der Waals surface area (Å²) in [6, 6.07) is 0. The minimum atomic E-state index is -5.08. The zero-order valence-electron chi connectivity index (χ0n) is 37.8. The molecule has 0 saturated heterocycles. The number of esters is 2. The molecule has 0 aliphatic heterocycles. The molecule has 1 rings (SSSR count). The Morgan fingerprint density at radius 1 is 0.450 bits per heavy atom. The number of aliphatic hydroxyl groups is 5. The van der Waals surface area contributed by atoms with Crippen LogP contribution in [0.4, 0.5) is 0 Å². The van der Waals surface area contributed by atoms with Crippen molar-refractivity contribution >= 4 is 19.8 Å². The summed E-state index contributed by atoms with van der Waals surface area (Å²) in [5, 5.41) is 49.6. The molecule has 356 valence electrons. The van der Waals surface area contributed by atoms with Gasteiger partial charge in [-0.25, -0.2) is 4.57 Å². The Bertz CT molecular complexity index is 1060. The molecule has 1 saturated carbocycles. The zero-order chi connectivity index (χ0) is 44.3. The average Bonchev–Trinajstić information content (AvgIpc) is 3.22. The van der Waals surface area contributed by atoms with Gasteiger partial charge in [0.2, 0.25) is 0 Å². The van der Waals surface area contributed by atoms with Gasteiger partial charge in [0, 0.05) is 12.8 Å².